The zero-order chi connectivity index (χ0) is 21.0. The minimum atomic E-state index is -3.56. The van der Waals surface area contributed by atoms with Gasteiger partial charge in [-0.2, -0.15) is 0 Å². The fourth-order valence-corrected chi connectivity index (χ4v) is 5.09. The van der Waals surface area contributed by atoms with Crippen LogP contribution in [-0.2, 0) is 14.8 Å². The molecule has 1 amide bonds. The van der Waals surface area contributed by atoms with E-state index < -0.39 is 10.0 Å². The Bertz CT molecular complexity index is 945. The molecule has 0 saturated carbocycles. The van der Waals surface area contributed by atoms with Crippen molar-refractivity contribution >= 4 is 38.1 Å². The fourth-order valence-electron chi connectivity index (χ4n) is 3.25. The van der Waals surface area contributed by atoms with Crippen molar-refractivity contribution in [2.75, 3.05) is 57.0 Å². The maximum absolute atomic E-state index is 12.5. The number of nitrogens with zero attached hydrogens (tertiary/aromatic N) is 4. The number of benzene rings is 1. The molecule has 0 bridgehead atoms. The summed E-state index contributed by atoms with van der Waals surface area (Å²) in [4.78, 5) is 21.5. The Morgan fingerprint density at radius 2 is 2.03 bits per heavy atom. The van der Waals surface area contributed by atoms with Crippen molar-refractivity contribution in [1.82, 2.24) is 14.2 Å². The third-order valence-corrected chi connectivity index (χ3v) is 7.67. The predicted molar refractivity (Wildman–Crippen MR) is 116 cm³/mol. The number of hydrogen-bond acceptors (Lipinski definition) is 7. The van der Waals surface area contributed by atoms with Crippen LogP contribution < -0.4 is 10.2 Å². The molecule has 1 aliphatic heterocycles. The van der Waals surface area contributed by atoms with Crippen LogP contribution in [0.3, 0.4) is 0 Å². The van der Waals surface area contributed by atoms with Gasteiger partial charge in [0.2, 0.25) is 15.9 Å². The number of carbonyl (C=O) groups excluding carboxylic acids is 1. The van der Waals surface area contributed by atoms with Crippen molar-refractivity contribution in [3.63, 3.8) is 0 Å². The molecule has 0 atom stereocenters. The van der Waals surface area contributed by atoms with Gasteiger partial charge in [-0.25, -0.2) is 17.7 Å². The van der Waals surface area contributed by atoms with Crippen LogP contribution in [0.4, 0.5) is 10.8 Å². The molecule has 2 heterocycles. The number of carbonyl (C=O) groups is 1. The highest BCUT2D eigenvalue weighted by molar-refractivity contribution is 7.89. The van der Waals surface area contributed by atoms with Crippen LogP contribution >= 0.6 is 11.3 Å². The van der Waals surface area contributed by atoms with Gasteiger partial charge in [0.15, 0.2) is 5.13 Å². The van der Waals surface area contributed by atoms with Crippen molar-refractivity contribution in [1.29, 1.82) is 0 Å². The maximum Gasteiger partial charge on any atom is 0.242 e. The number of aromatic nitrogens is 1. The van der Waals surface area contributed by atoms with E-state index in [1.165, 1.54) is 24.5 Å². The van der Waals surface area contributed by atoms with Gasteiger partial charge in [0.05, 0.1) is 11.4 Å². The summed E-state index contributed by atoms with van der Waals surface area (Å²) in [5.41, 5.74) is 1.13. The molecular formula is C19H27N5O3S2. The number of anilines is 2. The Hall–Kier alpha value is -2.01. The molecule has 0 radical (unpaired) electrons. The Morgan fingerprint density at radius 1 is 1.24 bits per heavy atom. The Balaban J connectivity index is 1.61. The highest BCUT2D eigenvalue weighted by Crippen LogP contribution is 2.23. The van der Waals surface area contributed by atoms with E-state index in [1.54, 1.807) is 30.4 Å². The monoisotopic (exact) mass is 437 g/mol. The molecule has 1 saturated heterocycles. The first-order valence-electron chi connectivity index (χ1n) is 9.47. The molecule has 158 valence electrons. The number of amides is 1. The molecule has 1 fully saturated rings. The molecule has 0 unspecified atom stereocenters. The maximum atomic E-state index is 12.5. The van der Waals surface area contributed by atoms with Gasteiger partial charge in [0, 0.05) is 57.5 Å². The lowest BCUT2D eigenvalue weighted by atomic mass is 10.2. The highest BCUT2D eigenvalue weighted by atomic mass is 32.2. The Labute approximate surface area is 176 Å². The van der Waals surface area contributed by atoms with Crippen molar-refractivity contribution in [2.45, 2.75) is 18.2 Å². The summed E-state index contributed by atoms with van der Waals surface area (Å²) < 4.78 is 26.1. The number of aryl methyl sites for hydroxylation is 1. The molecule has 8 nitrogen and oxygen atoms in total. The van der Waals surface area contributed by atoms with Gasteiger partial charge in [-0.1, -0.05) is 6.07 Å². The van der Waals surface area contributed by atoms with E-state index in [0.29, 0.717) is 11.3 Å². The summed E-state index contributed by atoms with van der Waals surface area (Å²) in [6, 6.07) is 4.97. The molecule has 2 aromatic rings. The highest BCUT2D eigenvalue weighted by Gasteiger charge is 2.21. The minimum absolute atomic E-state index is 0.148. The van der Waals surface area contributed by atoms with E-state index in [1.807, 2.05) is 11.6 Å². The van der Waals surface area contributed by atoms with Crippen LogP contribution in [0.5, 0.6) is 0 Å². The number of thiazole rings is 1. The quantitative estimate of drug-likeness (QED) is 0.742. The van der Waals surface area contributed by atoms with Gasteiger partial charge in [-0.3, -0.25) is 9.69 Å². The molecule has 1 aromatic heterocycles. The number of hydrogen-bond donors (Lipinski definition) is 1. The molecule has 3 rings (SSSR count). The zero-order valence-corrected chi connectivity index (χ0v) is 18.6. The van der Waals surface area contributed by atoms with Crippen molar-refractivity contribution in [3.05, 3.63) is 35.3 Å². The lowest BCUT2D eigenvalue weighted by molar-refractivity contribution is -0.117. The summed E-state index contributed by atoms with van der Waals surface area (Å²) in [7, 11) is -0.576. The molecule has 0 spiro atoms. The predicted octanol–water partition coefficient (Wildman–Crippen LogP) is 1.85. The molecule has 0 aliphatic carbocycles. The van der Waals surface area contributed by atoms with E-state index in [4.69, 9.17) is 0 Å². The van der Waals surface area contributed by atoms with Gasteiger partial charge in [-0.15, -0.1) is 11.3 Å². The number of nitrogens with one attached hydrogen (secondary N) is 1. The molecule has 10 heteroatoms. The summed E-state index contributed by atoms with van der Waals surface area (Å²) in [5.74, 6) is -0.148. The van der Waals surface area contributed by atoms with E-state index in [2.05, 4.69) is 20.1 Å². The Morgan fingerprint density at radius 3 is 2.72 bits per heavy atom. The molecule has 29 heavy (non-hydrogen) atoms. The molecular weight excluding hydrogens is 410 g/mol. The minimum Gasteiger partial charge on any atom is -0.347 e. The fraction of sp³-hybridized carbons (Fsp3) is 0.474. The summed E-state index contributed by atoms with van der Waals surface area (Å²) in [6.07, 6.45) is 2.77. The van der Waals surface area contributed by atoms with Gasteiger partial charge in [0.1, 0.15) is 0 Å². The largest absolute Gasteiger partial charge is 0.347 e. The number of sulfonamides is 1. The first kappa shape index (κ1) is 21.7. The van der Waals surface area contributed by atoms with Crippen LogP contribution in [0.15, 0.2) is 34.7 Å². The van der Waals surface area contributed by atoms with E-state index in [9.17, 15) is 13.2 Å². The van der Waals surface area contributed by atoms with Gasteiger partial charge in [-0.05, 0) is 31.0 Å². The SMILES string of the molecule is Cc1ccc(NC(=O)CN2CCCN(c3nccs3)CC2)cc1S(=O)(=O)N(C)C. The van der Waals surface area contributed by atoms with Gasteiger partial charge in [0.25, 0.3) is 0 Å². The Kier molecular flexibility index (Phi) is 6.89. The van der Waals surface area contributed by atoms with Crippen LogP contribution in [0.1, 0.15) is 12.0 Å². The lowest BCUT2D eigenvalue weighted by Gasteiger charge is -2.21. The van der Waals surface area contributed by atoms with E-state index in [0.717, 1.165) is 37.7 Å². The second-order valence-electron chi connectivity index (χ2n) is 7.25. The van der Waals surface area contributed by atoms with Crippen molar-refractivity contribution in [2.24, 2.45) is 0 Å². The summed E-state index contributed by atoms with van der Waals surface area (Å²) >= 11 is 1.63. The lowest BCUT2D eigenvalue weighted by Crippen LogP contribution is -2.36. The standard InChI is InChI=1S/C19H27N5O3S2/c1-15-5-6-16(13-17(15)29(26,27)22(2)3)21-18(25)14-23-8-4-9-24(11-10-23)19-20-7-12-28-19/h5-7,12-13H,4,8-11,14H2,1-3H3,(H,21,25). The van der Waals surface area contributed by atoms with Crippen LogP contribution in [-0.4, -0.2) is 75.3 Å². The van der Waals surface area contributed by atoms with E-state index >= 15 is 0 Å². The van der Waals surface area contributed by atoms with E-state index in [-0.39, 0.29) is 17.3 Å². The molecule has 1 aliphatic rings. The molecule has 1 N–H and O–H groups in total. The van der Waals surface area contributed by atoms with Gasteiger partial charge < -0.3 is 10.2 Å². The topological polar surface area (TPSA) is 85.9 Å². The summed E-state index contributed by atoms with van der Waals surface area (Å²) in [5, 5.41) is 5.83. The molecule has 1 aromatic carbocycles. The second-order valence-corrected chi connectivity index (χ2v) is 10.2. The first-order chi connectivity index (χ1) is 13.8. The average molecular weight is 438 g/mol. The second kappa shape index (κ2) is 9.21. The average Bonchev–Trinajstić information content (AvgIpc) is 3.10. The zero-order valence-electron chi connectivity index (χ0n) is 17.0. The normalized spacial score (nSPS) is 16.1. The first-order valence-corrected chi connectivity index (χ1v) is 11.8. The number of rotatable bonds is 6. The van der Waals surface area contributed by atoms with Crippen LogP contribution in [0.25, 0.3) is 0 Å². The van der Waals surface area contributed by atoms with Crippen molar-refractivity contribution in [3.8, 4) is 0 Å². The third kappa shape index (κ3) is 5.33. The van der Waals surface area contributed by atoms with Gasteiger partial charge >= 0.3 is 0 Å². The van der Waals surface area contributed by atoms with Crippen LogP contribution in [0, 0.1) is 6.92 Å². The van der Waals surface area contributed by atoms with Crippen molar-refractivity contribution < 1.29 is 13.2 Å². The summed E-state index contributed by atoms with van der Waals surface area (Å²) in [6.45, 7) is 5.39. The third-order valence-electron chi connectivity index (χ3n) is 4.88. The smallest absolute Gasteiger partial charge is 0.242 e. The van der Waals surface area contributed by atoms with Crippen LogP contribution in [0.2, 0.25) is 0 Å².